The Morgan fingerprint density at radius 1 is 1.12 bits per heavy atom. The molecule has 0 aliphatic heterocycles. The smallest absolute Gasteiger partial charge is 0.340 e. The van der Waals surface area contributed by atoms with Gasteiger partial charge in [-0.15, -0.1) is 0 Å². The number of hydrogen-bond acceptors (Lipinski definition) is 4. The summed E-state index contributed by atoms with van der Waals surface area (Å²) >= 11 is 5.99. The molecule has 1 N–H and O–H groups in total. The Morgan fingerprint density at radius 3 is 2.50 bits per heavy atom. The first kappa shape index (κ1) is 23.3. The number of hydrogen-bond donors (Lipinski definition) is 1. The quantitative estimate of drug-likeness (QED) is 0.181. The standard InChI is InChI=1S/C24H18ClF3N4O2/c1-15-20(13-29-30-21-11-8-17(24(26,27)28)12-23(21)32(33)34)19-4-2-3-5-22(19)31(15)14-16-6-9-18(25)10-7-16/h2-13,30H,14H2,1H3/b29-13-. The van der Waals surface area contributed by atoms with Crippen molar-refractivity contribution in [3.8, 4) is 0 Å². The fourth-order valence-electron chi connectivity index (χ4n) is 3.72. The number of anilines is 1. The minimum absolute atomic E-state index is 0.142. The van der Waals surface area contributed by atoms with Crippen molar-refractivity contribution in [1.82, 2.24) is 4.57 Å². The molecule has 0 aliphatic rings. The fourth-order valence-corrected chi connectivity index (χ4v) is 3.84. The maximum absolute atomic E-state index is 12.9. The second-order valence-electron chi connectivity index (χ2n) is 7.59. The van der Waals surface area contributed by atoms with Crippen LogP contribution in [0.4, 0.5) is 24.5 Å². The van der Waals surface area contributed by atoms with Gasteiger partial charge in [0.05, 0.1) is 16.7 Å². The number of benzene rings is 3. The third kappa shape index (κ3) is 4.74. The van der Waals surface area contributed by atoms with Crippen LogP contribution in [0.1, 0.15) is 22.4 Å². The highest BCUT2D eigenvalue weighted by Crippen LogP contribution is 2.35. The zero-order valence-electron chi connectivity index (χ0n) is 17.8. The van der Waals surface area contributed by atoms with E-state index in [2.05, 4.69) is 15.1 Å². The van der Waals surface area contributed by atoms with Crippen LogP contribution in [0.5, 0.6) is 0 Å². The van der Waals surface area contributed by atoms with Gasteiger partial charge in [0.1, 0.15) is 5.69 Å². The van der Waals surface area contributed by atoms with E-state index in [0.29, 0.717) is 17.6 Å². The summed E-state index contributed by atoms with van der Waals surface area (Å²) in [5, 5.41) is 17.0. The Balaban J connectivity index is 1.67. The number of nitrogens with zero attached hydrogens (tertiary/aromatic N) is 3. The summed E-state index contributed by atoms with van der Waals surface area (Å²) in [7, 11) is 0. The summed E-state index contributed by atoms with van der Waals surface area (Å²) < 4.78 is 40.9. The molecule has 4 aromatic rings. The third-order valence-corrected chi connectivity index (χ3v) is 5.69. The number of fused-ring (bicyclic) bond motifs is 1. The van der Waals surface area contributed by atoms with Crippen molar-refractivity contribution in [2.75, 3.05) is 5.43 Å². The van der Waals surface area contributed by atoms with Crippen molar-refractivity contribution >= 4 is 40.1 Å². The monoisotopic (exact) mass is 486 g/mol. The molecule has 0 bridgehead atoms. The zero-order chi connectivity index (χ0) is 24.5. The summed E-state index contributed by atoms with van der Waals surface area (Å²) in [6.07, 6.45) is -3.17. The van der Waals surface area contributed by atoms with Crippen LogP contribution >= 0.6 is 11.6 Å². The molecular weight excluding hydrogens is 469 g/mol. The van der Waals surface area contributed by atoms with Crippen molar-refractivity contribution in [2.24, 2.45) is 5.10 Å². The molecule has 0 saturated heterocycles. The van der Waals surface area contributed by atoms with Crippen LogP contribution in [0, 0.1) is 17.0 Å². The van der Waals surface area contributed by atoms with Gasteiger partial charge in [-0.25, -0.2) is 0 Å². The minimum atomic E-state index is -4.68. The van der Waals surface area contributed by atoms with E-state index in [0.717, 1.165) is 39.9 Å². The van der Waals surface area contributed by atoms with Crippen molar-refractivity contribution in [3.05, 3.63) is 104 Å². The Kier molecular flexibility index (Phi) is 6.30. The Hall–Kier alpha value is -3.85. The van der Waals surface area contributed by atoms with Crippen LogP contribution in [0.15, 0.2) is 71.8 Å². The molecule has 1 heterocycles. The highest BCUT2D eigenvalue weighted by molar-refractivity contribution is 6.30. The van der Waals surface area contributed by atoms with Gasteiger partial charge in [0, 0.05) is 39.8 Å². The van der Waals surface area contributed by atoms with Gasteiger partial charge in [0.2, 0.25) is 0 Å². The normalized spacial score (nSPS) is 11.9. The van der Waals surface area contributed by atoms with Gasteiger partial charge >= 0.3 is 6.18 Å². The molecule has 0 radical (unpaired) electrons. The predicted octanol–water partition coefficient (Wildman–Crippen LogP) is 7.02. The zero-order valence-corrected chi connectivity index (χ0v) is 18.6. The van der Waals surface area contributed by atoms with E-state index < -0.39 is 22.4 Å². The maximum atomic E-state index is 12.9. The lowest BCUT2D eigenvalue weighted by molar-refractivity contribution is -0.384. The maximum Gasteiger partial charge on any atom is 0.416 e. The van der Waals surface area contributed by atoms with Crippen LogP contribution in [-0.2, 0) is 12.7 Å². The van der Waals surface area contributed by atoms with Crippen molar-refractivity contribution in [3.63, 3.8) is 0 Å². The Labute approximate surface area is 197 Å². The molecule has 4 rings (SSSR count). The lowest BCUT2D eigenvalue weighted by atomic mass is 10.1. The number of nitrogens with one attached hydrogen (secondary N) is 1. The predicted molar refractivity (Wildman–Crippen MR) is 127 cm³/mol. The van der Waals surface area contributed by atoms with E-state index in [-0.39, 0.29) is 5.69 Å². The van der Waals surface area contributed by atoms with Crippen LogP contribution in [-0.4, -0.2) is 15.7 Å². The van der Waals surface area contributed by atoms with Crippen molar-refractivity contribution in [2.45, 2.75) is 19.6 Å². The lowest BCUT2D eigenvalue weighted by Crippen LogP contribution is -2.06. The van der Waals surface area contributed by atoms with Gasteiger partial charge in [-0.1, -0.05) is 41.9 Å². The first-order chi connectivity index (χ1) is 16.1. The molecule has 0 unspecified atom stereocenters. The SMILES string of the molecule is Cc1c(/C=N\Nc2ccc(C(F)(F)F)cc2[N+](=O)[O-])c2ccccc2n1Cc1ccc(Cl)cc1. The van der Waals surface area contributed by atoms with E-state index in [1.54, 1.807) is 0 Å². The van der Waals surface area contributed by atoms with E-state index in [9.17, 15) is 23.3 Å². The number of halogens is 4. The number of alkyl halides is 3. The summed E-state index contributed by atoms with van der Waals surface area (Å²) in [6, 6.07) is 17.5. The lowest BCUT2D eigenvalue weighted by Gasteiger charge is -2.09. The Bertz CT molecular complexity index is 1400. The van der Waals surface area contributed by atoms with Gasteiger partial charge in [0.15, 0.2) is 0 Å². The van der Waals surface area contributed by atoms with Crippen molar-refractivity contribution in [1.29, 1.82) is 0 Å². The number of para-hydroxylation sites is 1. The molecule has 34 heavy (non-hydrogen) atoms. The first-order valence-corrected chi connectivity index (χ1v) is 10.5. The minimum Gasteiger partial charge on any atom is -0.340 e. The van der Waals surface area contributed by atoms with Crippen LogP contribution < -0.4 is 5.43 Å². The van der Waals surface area contributed by atoms with E-state index >= 15 is 0 Å². The number of nitro groups is 1. The van der Waals surface area contributed by atoms with Gasteiger partial charge in [-0.05, 0) is 42.8 Å². The number of aromatic nitrogens is 1. The van der Waals surface area contributed by atoms with Crippen molar-refractivity contribution < 1.29 is 18.1 Å². The molecule has 0 aliphatic carbocycles. The summed E-state index contributed by atoms with van der Waals surface area (Å²) in [5.74, 6) is 0. The molecule has 0 amide bonds. The number of nitro benzene ring substituents is 1. The average molecular weight is 487 g/mol. The van der Waals surface area contributed by atoms with Crippen LogP contribution in [0.2, 0.25) is 5.02 Å². The molecule has 0 spiro atoms. The average Bonchev–Trinajstić information content (AvgIpc) is 3.06. The highest BCUT2D eigenvalue weighted by atomic mass is 35.5. The highest BCUT2D eigenvalue weighted by Gasteiger charge is 2.33. The molecule has 10 heteroatoms. The molecule has 0 fully saturated rings. The van der Waals surface area contributed by atoms with Gasteiger partial charge < -0.3 is 4.57 Å². The molecule has 174 valence electrons. The molecule has 3 aromatic carbocycles. The van der Waals surface area contributed by atoms with Gasteiger partial charge in [0.25, 0.3) is 5.69 Å². The number of hydrazone groups is 1. The largest absolute Gasteiger partial charge is 0.416 e. The second kappa shape index (κ2) is 9.18. The van der Waals surface area contributed by atoms with Crippen LogP contribution in [0.25, 0.3) is 10.9 Å². The van der Waals surface area contributed by atoms with Crippen LogP contribution in [0.3, 0.4) is 0 Å². The second-order valence-corrected chi connectivity index (χ2v) is 8.02. The summed E-state index contributed by atoms with van der Waals surface area (Å²) in [4.78, 5) is 10.4. The molecule has 6 nitrogen and oxygen atoms in total. The summed E-state index contributed by atoms with van der Waals surface area (Å²) in [6.45, 7) is 2.52. The molecule has 0 atom stereocenters. The van der Waals surface area contributed by atoms with E-state index in [1.807, 2.05) is 55.5 Å². The molecular formula is C24H18ClF3N4O2. The first-order valence-electron chi connectivity index (χ1n) is 10.1. The Morgan fingerprint density at radius 2 is 1.82 bits per heavy atom. The summed E-state index contributed by atoms with van der Waals surface area (Å²) in [5.41, 5.74) is 4.27. The molecule has 1 aromatic heterocycles. The topological polar surface area (TPSA) is 72.5 Å². The third-order valence-electron chi connectivity index (χ3n) is 5.43. The number of rotatable bonds is 6. The molecule has 0 saturated carbocycles. The van der Waals surface area contributed by atoms with E-state index in [1.165, 1.54) is 6.21 Å². The van der Waals surface area contributed by atoms with E-state index in [4.69, 9.17) is 11.6 Å². The van der Waals surface area contributed by atoms with Gasteiger partial charge in [-0.2, -0.15) is 18.3 Å². The fraction of sp³-hybridized carbons (Fsp3) is 0.125. The van der Waals surface area contributed by atoms with Gasteiger partial charge in [-0.3, -0.25) is 15.5 Å².